The second-order valence-corrected chi connectivity index (χ2v) is 10.8. The van der Waals surface area contributed by atoms with E-state index in [1.54, 1.807) is 29.6 Å². The molecule has 1 atom stereocenters. The van der Waals surface area contributed by atoms with E-state index in [2.05, 4.69) is 20.0 Å². The molecule has 1 saturated heterocycles. The van der Waals surface area contributed by atoms with E-state index in [-0.39, 0.29) is 28.1 Å². The van der Waals surface area contributed by atoms with Gasteiger partial charge in [-0.25, -0.2) is 18.4 Å². The van der Waals surface area contributed by atoms with Gasteiger partial charge in [-0.1, -0.05) is 23.4 Å². The number of amides is 1. The lowest BCUT2D eigenvalue weighted by molar-refractivity contribution is -0.118. The van der Waals surface area contributed by atoms with Gasteiger partial charge < -0.3 is 5.32 Å². The number of carbonyl (C=O) groups is 2. The molecule has 0 radical (unpaired) electrons. The summed E-state index contributed by atoms with van der Waals surface area (Å²) >= 11 is 8.17. The Balaban J connectivity index is 1.41. The molecule has 4 rings (SSSR count). The summed E-state index contributed by atoms with van der Waals surface area (Å²) in [5.74, 6) is -0.472. The molecule has 1 unspecified atom stereocenters. The van der Waals surface area contributed by atoms with Gasteiger partial charge in [0.05, 0.1) is 15.8 Å². The minimum absolute atomic E-state index is 0.0246. The average molecular weight is 507 g/mol. The van der Waals surface area contributed by atoms with Crippen LogP contribution in [0, 0.1) is 0 Å². The van der Waals surface area contributed by atoms with Crippen LogP contribution in [0.15, 0.2) is 70.0 Å². The third-order valence-electron chi connectivity index (χ3n) is 4.35. The zero-order valence-corrected chi connectivity index (χ0v) is 19.4. The lowest BCUT2D eigenvalue weighted by Crippen LogP contribution is -2.26. The molecule has 1 amide bonds. The highest BCUT2D eigenvalue weighted by Crippen LogP contribution is 2.27. The van der Waals surface area contributed by atoms with Crippen LogP contribution in [0.25, 0.3) is 0 Å². The number of anilines is 1. The van der Waals surface area contributed by atoms with Crippen LogP contribution in [0.5, 0.6) is 0 Å². The van der Waals surface area contributed by atoms with Crippen molar-refractivity contribution in [1.29, 1.82) is 0 Å². The molecule has 8 nitrogen and oxygen atoms in total. The number of sulfonamides is 1. The Bertz CT molecular complexity index is 1280. The Morgan fingerprint density at radius 1 is 1.16 bits per heavy atom. The van der Waals surface area contributed by atoms with Crippen molar-refractivity contribution in [3.63, 3.8) is 0 Å². The zero-order chi connectivity index (χ0) is 22.7. The molecule has 0 saturated carbocycles. The maximum Gasteiger partial charge on any atom is 0.263 e. The van der Waals surface area contributed by atoms with Crippen molar-refractivity contribution in [3.05, 3.63) is 70.7 Å². The number of hydrogen-bond donors (Lipinski definition) is 2. The van der Waals surface area contributed by atoms with E-state index in [0.717, 1.165) is 11.8 Å². The Morgan fingerprint density at radius 3 is 2.53 bits per heavy atom. The summed E-state index contributed by atoms with van der Waals surface area (Å²) in [5.41, 5.74) is 0.946. The number of nitrogens with one attached hydrogen (secondary N) is 2. The highest BCUT2D eigenvalue weighted by molar-refractivity contribution is 8.15. The van der Waals surface area contributed by atoms with Crippen molar-refractivity contribution in [2.24, 2.45) is 4.99 Å². The van der Waals surface area contributed by atoms with E-state index in [4.69, 9.17) is 11.6 Å². The van der Waals surface area contributed by atoms with Crippen molar-refractivity contribution >= 4 is 72.4 Å². The van der Waals surface area contributed by atoms with E-state index in [1.807, 2.05) is 0 Å². The molecule has 3 aromatic rings. The summed E-state index contributed by atoms with van der Waals surface area (Å²) < 4.78 is 27.2. The van der Waals surface area contributed by atoms with E-state index < -0.39 is 15.3 Å². The molecule has 1 aliphatic heterocycles. The normalized spacial score (nSPS) is 17.3. The number of aromatic nitrogens is 1. The van der Waals surface area contributed by atoms with Crippen LogP contribution in [0.4, 0.5) is 10.8 Å². The molecular weight excluding hydrogens is 492 g/mol. The third-order valence-corrected chi connectivity index (χ3v) is 7.85. The summed E-state index contributed by atoms with van der Waals surface area (Å²) in [6, 6.07) is 12.4. The van der Waals surface area contributed by atoms with Crippen LogP contribution < -0.4 is 10.0 Å². The summed E-state index contributed by atoms with van der Waals surface area (Å²) in [6.07, 6.45) is 1.53. The fraction of sp³-hybridized carbons (Fsp3) is 0.100. The average Bonchev–Trinajstić information content (AvgIpc) is 3.38. The monoisotopic (exact) mass is 506 g/mol. The highest BCUT2D eigenvalue weighted by Gasteiger charge is 2.32. The summed E-state index contributed by atoms with van der Waals surface area (Å²) in [4.78, 5) is 33.0. The summed E-state index contributed by atoms with van der Waals surface area (Å²) in [5, 5.41) is 4.88. The van der Waals surface area contributed by atoms with Gasteiger partial charge in [0.25, 0.3) is 10.0 Å². The Kier molecular flexibility index (Phi) is 6.60. The lowest BCUT2D eigenvalue weighted by Gasteiger charge is -2.05. The molecule has 1 aromatic heterocycles. The predicted octanol–water partition coefficient (Wildman–Crippen LogP) is 4.09. The lowest BCUT2D eigenvalue weighted by atomic mass is 10.1. The minimum Gasteiger partial charge on any atom is -0.304 e. The van der Waals surface area contributed by atoms with E-state index >= 15 is 0 Å². The van der Waals surface area contributed by atoms with Crippen molar-refractivity contribution < 1.29 is 18.0 Å². The highest BCUT2D eigenvalue weighted by atomic mass is 35.5. The van der Waals surface area contributed by atoms with Crippen LogP contribution >= 0.6 is 34.7 Å². The number of amidine groups is 1. The first-order valence-electron chi connectivity index (χ1n) is 9.17. The zero-order valence-electron chi connectivity index (χ0n) is 16.2. The summed E-state index contributed by atoms with van der Waals surface area (Å²) in [7, 11) is -3.76. The second-order valence-electron chi connectivity index (χ2n) is 6.58. The maximum atomic E-state index is 12.4. The number of ketones is 1. The molecule has 0 spiro atoms. The number of aliphatic imine (C=N–C) groups is 1. The first kappa shape index (κ1) is 22.5. The van der Waals surface area contributed by atoms with Gasteiger partial charge in [-0.05, 0) is 48.5 Å². The standard InChI is InChI=1S/C20H15ClN4O4S3/c21-13-3-1-12(2-4-13)16(26)11-17-18(27)24-20(31-17)23-14-5-7-15(8-6-14)32(28,29)25-19-22-9-10-30-19/h1-10,17H,11H2,(H,22,25)(H,23,24,27). The predicted molar refractivity (Wildman–Crippen MR) is 126 cm³/mol. The van der Waals surface area contributed by atoms with Crippen molar-refractivity contribution in [3.8, 4) is 0 Å². The van der Waals surface area contributed by atoms with E-state index in [1.165, 1.54) is 41.8 Å². The van der Waals surface area contributed by atoms with Gasteiger partial charge in [0.2, 0.25) is 5.91 Å². The Labute approximate surface area is 197 Å². The first-order valence-corrected chi connectivity index (χ1v) is 12.8. The van der Waals surface area contributed by atoms with Gasteiger partial charge in [0, 0.05) is 28.6 Å². The maximum absolute atomic E-state index is 12.4. The van der Waals surface area contributed by atoms with Gasteiger partial charge >= 0.3 is 0 Å². The van der Waals surface area contributed by atoms with Crippen LogP contribution in [0.2, 0.25) is 5.02 Å². The van der Waals surface area contributed by atoms with Gasteiger partial charge in [0.1, 0.15) is 0 Å². The fourth-order valence-corrected chi connectivity index (χ4v) is 5.68. The topological polar surface area (TPSA) is 118 Å². The molecule has 32 heavy (non-hydrogen) atoms. The molecule has 1 aliphatic rings. The molecule has 0 aliphatic carbocycles. The number of Topliss-reactive ketones (excluding diaryl/α,β-unsaturated/α-hetero) is 1. The number of nitrogens with zero attached hydrogens (tertiary/aromatic N) is 2. The largest absolute Gasteiger partial charge is 0.304 e. The van der Waals surface area contributed by atoms with Crippen molar-refractivity contribution in [2.45, 2.75) is 16.6 Å². The van der Waals surface area contributed by atoms with Gasteiger partial charge in [-0.2, -0.15) is 0 Å². The number of benzene rings is 2. The quantitative estimate of drug-likeness (QED) is 0.466. The van der Waals surface area contributed by atoms with Gasteiger partial charge in [0.15, 0.2) is 16.1 Å². The minimum atomic E-state index is -3.76. The SMILES string of the molecule is O=C(CC1SC(=Nc2ccc(S(=O)(=O)Nc3nccs3)cc2)NC1=O)c1ccc(Cl)cc1. The molecule has 2 heterocycles. The van der Waals surface area contributed by atoms with Gasteiger partial charge in [-0.15, -0.1) is 11.3 Å². The molecule has 2 aromatic carbocycles. The van der Waals surface area contributed by atoms with Crippen molar-refractivity contribution in [1.82, 2.24) is 10.3 Å². The van der Waals surface area contributed by atoms with E-state index in [9.17, 15) is 18.0 Å². The van der Waals surface area contributed by atoms with Crippen molar-refractivity contribution in [2.75, 3.05) is 4.72 Å². The molecule has 12 heteroatoms. The number of thiazole rings is 1. The molecular formula is C20H15ClN4O4S3. The number of carbonyl (C=O) groups excluding carboxylic acids is 2. The van der Waals surface area contributed by atoms with Crippen LogP contribution in [0.3, 0.4) is 0 Å². The van der Waals surface area contributed by atoms with Gasteiger partial charge in [-0.3, -0.25) is 14.3 Å². The molecule has 1 fully saturated rings. The molecule has 2 N–H and O–H groups in total. The number of rotatable bonds is 7. The number of halogens is 1. The first-order chi connectivity index (χ1) is 15.3. The number of hydrogen-bond acceptors (Lipinski definition) is 8. The van der Waals surface area contributed by atoms with E-state index in [0.29, 0.717) is 21.4 Å². The van der Waals surface area contributed by atoms with Crippen LogP contribution in [-0.2, 0) is 14.8 Å². The molecule has 0 bridgehead atoms. The smallest absolute Gasteiger partial charge is 0.263 e. The third kappa shape index (κ3) is 5.36. The second kappa shape index (κ2) is 9.41. The van der Waals surface area contributed by atoms with Crippen LogP contribution in [0.1, 0.15) is 16.8 Å². The van der Waals surface area contributed by atoms with Crippen LogP contribution in [-0.4, -0.2) is 35.5 Å². The molecule has 164 valence electrons. The number of thioether (sulfide) groups is 1. The Morgan fingerprint density at radius 2 is 1.88 bits per heavy atom. The summed E-state index contributed by atoms with van der Waals surface area (Å²) in [6.45, 7) is 0. The Hall–Kier alpha value is -2.73. The fourth-order valence-electron chi connectivity index (χ4n) is 2.78.